The minimum Gasteiger partial charge on any atom is -0.310 e. The maximum absolute atomic E-state index is 12.5. The number of thiophene rings is 1. The van der Waals surface area contributed by atoms with Crippen LogP contribution in [0.2, 0.25) is 5.02 Å². The third kappa shape index (κ3) is 4.10. The Kier molecular flexibility index (Phi) is 5.07. The van der Waals surface area contributed by atoms with E-state index in [9.17, 15) is 4.79 Å². The van der Waals surface area contributed by atoms with Crippen molar-refractivity contribution in [1.82, 2.24) is 14.8 Å². The Hall–Kier alpha value is -2.48. The Bertz CT molecular complexity index is 1070. The van der Waals surface area contributed by atoms with Crippen LogP contribution in [0, 0.1) is 6.92 Å². The van der Waals surface area contributed by atoms with Crippen molar-refractivity contribution in [3.63, 3.8) is 0 Å². The number of anilines is 1. The van der Waals surface area contributed by atoms with Crippen LogP contribution in [0.1, 0.15) is 11.3 Å². The molecule has 136 valence electrons. The fourth-order valence-corrected chi connectivity index (χ4v) is 4.28. The molecule has 4 rings (SSSR count). The molecule has 3 aromatic heterocycles. The second-order valence-electron chi connectivity index (χ2n) is 5.93. The third-order valence-corrected chi connectivity index (χ3v) is 5.78. The van der Waals surface area contributed by atoms with Crippen molar-refractivity contribution in [1.29, 1.82) is 0 Å². The average Bonchev–Trinajstić information content (AvgIpc) is 3.37. The number of thiazole rings is 1. The molecule has 1 aromatic carbocycles. The van der Waals surface area contributed by atoms with Crippen LogP contribution >= 0.6 is 34.3 Å². The number of hydrogen-bond donors (Lipinski definition) is 1. The number of nitrogens with one attached hydrogen (secondary N) is 1. The van der Waals surface area contributed by atoms with Crippen LogP contribution in [-0.2, 0) is 11.2 Å². The van der Waals surface area contributed by atoms with Gasteiger partial charge in [-0.3, -0.25) is 4.79 Å². The van der Waals surface area contributed by atoms with Gasteiger partial charge < -0.3 is 5.32 Å². The molecule has 3 heterocycles. The molecule has 1 N–H and O–H groups in total. The SMILES string of the molecule is Cc1cc(NC(=O)Cc2ccc(Cl)cc2)n(-c2nc(-c3cccs3)cs2)n1. The summed E-state index contributed by atoms with van der Waals surface area (Å²) in [5.74, 6) is 0.493. The molecule has 0 aliphatic heterocycles. The molecule has 0 saturated heterocycles. The fraction of sp³-hybridized carbons (Fsp3) is 0.105. The minimum absolute atomic E-state index is 0.117. The molecular weight excluding hydrogens is 400 g/mol. The molecule has 0 saturated carbocycles. The van der Waals surface area contributed by atoms with E-state index in [1.54, 1.807) is 28.2 Å². The highest BCUT2D eigenvalue weighted by atomic mass is 35.5. The molecule has 1 amide bonds. The summed E-state index contributed by atoms with van der Waals surface area (Å²) >= 11 is 9.02. The molecule has 0 fully saturated rings. The van der Waals surface area contributed by atoms with Gasteiger partial charge in [-0.25, -0.2) is 4.98 Å². The number of halogens is 1. The predicted molar refractivity (Wildman–Crippen MR) is 111 cm³/mol. The predicted octanol–water partition coefficient (Wildman–Crippen LogP) is 5.20. The highest BCUT2D eigenvalue weighted by Gasteiger charge is 2.15. The summed E-state index contributed by atoms with van der Waals surface area (Å²) in [5, 5.41) is 12.8. The third-order valence-electron chi connectivity index (χ3n) is 3.82. The van der Waals surface area contributed by atoms with E-state index in [1.807, 2.05) is 48.0 Å². The summed E-state index contributed by atoms with van der Waals surface area (Å²) in [7, 11) is 0. The Morgan fingerprint density at radius 2 is 2.04 bits per heavy atom. The van der Waals surface area contributed by atoms with Crippen LogP contribution in [0.5, 0.6) is 0 Å². The van der Waals surface area contributed by atoms with Gasteiger partial charge in [-0.05, 0) is 36.1 Å². The van der Waals surface area contributed by atoms with Gasteiger partial charge in [0.25, 0.3) is 0 Å². The van der Waals surface area contributed by atoms with E-state index in [4.69, 9.17) is 11.6 Å². The number of benzene rings is 1. The lowest BCUT2D eigenvalue weighted by atomic mass is 10.1. The van der Waals surface area contributed by atoms with Gasteiger partial charge in [-0.15, -0.1) is 22.7 Å². The zero-order valence-electron chi connectivity index (χ0n) is 14.3. The lowest BCUT2D eigenvalue weighted by Gasteiger charge is -2.07. The van der Waals surface area contributed by atoms with Crippen LogP contribution in [-0.4, -0.2) is 20.7 Å². The molecular formula is C19H15ClN4OS2. The molecule has 0 aliphatic rings. The lowest BCUT2D eigenvalue weighted by molar-refractivity contribution is -0.115. The Morgan fingerprint density at radius 1 is 1.22 bits per heavy atom. The summed E-state index contributed by atoms with van der Waals surface area (Å²) in [5.41, 5.74) is 2.62. The van der Waals surface area contributed by atoms with E-state index in [1.165, 1.54) is 11.3 Å². The maximum Gasteiger partial charge on any atom is 0.229 e. The molecule has 27 heavy (non-hydrogen) atoms. The van der Waals surface area contributed by atoms with Crippen molar-refractivity contribution < 1.29 is 4.79 Å². The normalized spacial score (nSPS) is 10.9. The highest BCUT2D eigenvalue weighted by Crippen LogP contribution is 2.29. The van der Waals surface area contributed by atoms with Crippen LogP contribution in [0.25, 0.3) is 15.7 Å². The molecule has 0 unspecified atom stereocenters. The van der Waals surface area contributed by atoms with E-state index in [0.29, 0.717) is 16.0 Å². The van der Waals surface area contributed by atoms with Crippen molar-refractivity contribution in [2.24, 2.45) is 0 Å². The van der Waals surface area contributed by atoms with Crippen molar-refractivity contribution in [2.75, 3.05) is 5.32 Å². The highest BCUT2D eigenvalue weighted by molar-refractivity contribution is 7.15. The molecule has 0 aliphatic carbocycles. The number of aryl methyl sites for hydroxylation is 1. The number of carbonyl (C=O) groups excluding carboxylic acids is 1. The van der Waals surface area contributed by atoms with Crippen molar-refractivity contribution in [3.05, 3.63) is 69.5 Å². The first-order chi connectivity index (χ1) is 13.1. The molecule has 0 atom stereocenters. The number of nitrogens with zero attached hydrogens (tertiary/aromatic N) is 3. The Labute approximate surface area is 169 Å². The first-order valence-electron chi connectivity index (χ1n) is 8.19. The summed E-state index contributed by atoms with van der Waals surface area (Å²) in [6, 6.07) is 13.1. The van der Waals surface area contributed by atoms with E-state index < -0.39 is 0 Å². The standard InChI is InChI=1S/C19H15ClN4OS2/c1-12-9-17(22-18(25)10-13-4-6-14(20)7-5-13)24(23-12)19-21-15(11-27-19)16-3-2-8-26-16/h2-9,11H,10H2,1H3,(H,22,25). The van der Waals surface area contributed by atoms with E-state index in [2.05, 4.69) is 15.4 Å². The minimum atomic E-state index is -0.117. The number of amides is 1. The van der Waals surface area contributed by atoms with Crippen LogP contribution in [0.3, 0.4) is 0 Å². The van der Waals surface area contributed by atoms with E-state index in [0.717, 1.165) is 21.8 Å². The smallest absolute Gasteiger partial charge is 0.229 e. The Morgan fingerprint density at radius 3 is 2.78 bits per heavy atom. The first kappa shape index (κ1) is 17.9. The van der Waals surface area contributed by atoms with Gasteiger partial charge in [0.2, 0.25) is 11.0 Å². The summed E-state index contributed by atoms with van der Waals surface area (Å²) in [6.07, 6.45) is 0.264. The second-order valence-corrected chi connectivity index (χ2v) is 8.15. The monoisotopic (exact) mass is 414 g/mol. The fourth-order valence-electron chi connectivity index (χ4n) is 2.61. The van der Waals surface area contributed by atoms with Gasteiger partial charge in [0, 0.05) is 16.5 Å². The van der Waals surface area contributed by atoms with Gasteiger partial charge in [-0.2, -0.15) is 9.78 Å². The van der Waals surface area contributed by atoms with Crippen LogP contribution in [0.15, 0.2) is 53.2 Å². The zero-order chi connectivity index (χ0) is 18.8. The van der Waals surface area contributed by atoms with Gasteiger partial charge in [-0.1, -0.05) is 29.8 Å². The number of hydrogen-bond acceptors (Lipinski definition) is 5. The summed E-state index contributed by atoms with van der Waals surface area (Å²) in [4.78, 5) is 18.2. The van der Waals surface area contributed by atoms with Gasteiger partial charge in [0.05, 0.1) is 22.7 Å². The largest absolute Gasteiger partial charge is 0.310 e. The number of rotatable bonds is 5. The average molecular weight is 415 g/mol. The summed E-state index contributed by atoms with van der Waals surface area (Å²) in [6.45, 7) is 1.89. The molecule has 4 aromatic rings. The summed E-state index contributed by atoms with van der Waals surface area (Å²) < 4.78 is 1.68. The maximum atomic E-state index is 12.5. The van der Waals surface area contributed by atoms with Crippen LogP contribution in [0.4, 0.5) is 5.82 Å². The van der Waals surface area contributed by atoms with Gasteiger partial charge in [0.1, 0.15) is 5.82 Å². The van der Waals surface area contributed by atoms with Gasteiger partial charge in [0.15, 0.2) is 0 Å². The van der Waals surface area contributed by atoms with Crippen molar-refractivity contribution in [2.45, 2.75) is 13.3 Å². The molecule has 0 bridgehead atoms. The topological polar surface area (TPSA) is 59.8 Å². The first-order valence-corrected chi connectivity index (χ1v) is 10.3. The zero-order valence-corrected chi connectivity index (χ0v) is 16.7. The van der Waals surface area contributed by atoms with Gasteiger partial charge >= 0.3 is 0 Å². The van der Waals surface area contributed by atoms with Crippen LogP contribution < -0.4 is 5.32 Å². The molecule has 0 spiro atoms. The second kappa shape index (κ2) is 7.64. The number of carbonyl (C=O) groups is 1. The number of aromatic nitrogens is 3. The molecule has 0 radical (unpaired) electrons. The van der Waals surface area contributed by atoms with Crippen molar-refractivity contribution in [3.8, 4) is 15.7 Å². The van der Waals surface area contributed by atoms with Crippen molar-refractivity contribution >= 4 is 46.0 Å². The Balaban J connectivity index is 1.54. The van der Waals surface area contributed by atoms with E-state index in [-0.39, 0.29) is 12.3 Å². The van der Waals surface area contributed by atoms with E-state index >= 15 is 0 Å². The lowest BCUT2D eigenvalue weighted by Crippen LogP contribution is -2.17. The quantitative estimate of drug-likeness (QED) is 0.488. The molecule has 5 nitrogen and oxygen atoms in total. The molecule has 8 heteroatoms.